The Morgan fingerprint density at radius 1 is 1.27 bits per heavy atom. The molecule has 0 bridgehead atoms. The predicted octanol–water partition coefficient (Wildman–Crippen LogP) is 1.70. The molecule has 3 aromatic rings. The van der Waals surface area contributed by atoms with Gasteiger partial charge in [0.1, 0.15) is 17.6 Å². The summed E-state index contributed by atoms with van der Waals surface area (Å²) in [5.41, 5.74) is 1.74. The highest BCUT2D eigenvalue weighted by Crippen LogP contribution is 2.35. The van der Waals surface area contributed by atoms with Crippen molar-refractivity contribution >= 4 is 17.7 Å². The van der Waals surface area contributed by atoms with Gasteiger partial charge in [0, 0.05) is 11.9 Å². The maximum Gasteiger partial charge on any atom is 0.257 e. The van der Waals surface area contributed by atoms with Gasteiger partial charge in [-0.05, 0) is 47.2 Å². The minimum atomic E-state index is -0.586. The number of pyridine rings is 1. The molecule has 4 rings (SSSR count). The number of amides is 1. The minimum absolute atomic E-state index is 0.0952. The Morgan fingerprint density at radius 2 is 2.15 bits per heavy atom. The second-order valence-electron chi connectivity index (χ2n) is 5.78. The van der Waals surface area contributed by atoms with E-state index in [0.717, 1.165) is 0 Å². The van der Waals surface area contributed by atoms with E-state index in [2.05, 4.69) is 31.1 Å². The lowest BCUT2D eigenvalue weighted by Crippen LogP contribution is -2.31. The number of carbonyl (C=O) groups excluding carboxylic acids is 1. The van der Waals surface area contributed by atoms with E-state index in [1.165, 1.54) is 4.68 Å². The zero-order valence-corrected chi connectivity index (χ0v) is 13.8. The number of nitrogens with one attached hydrogen (secondary N) is 2. The highest BCUT2D eigenvalue weighted by molar-refractivity contribution is 6.05. The number of tetrazole rings is 1. The number of rotatable bonds is 3. The smallest absolute Gasteiger partial charge is 0.257 e. The van der Waals surface area contributed by atoms with Gasteiger partial charge in [0.15, 0.2) is 0 Å². The van der Waals surface area contributed by atoms with E-state index in [0.29, 0.717) is 28.6 Å². The standard InChI is InChI=1S/C17H15N7O2/c1-10-14(16(26)20-13-7-2-3-8-18-13)15(11-5-4-6-12(25)9-11)24-17(19-10)21-22-23-24/h2-9,15,25H,1H3,(H,18,20,26)(H,19,21,23). The van der Waals surface area contributed by atoms with Crippen LogP contribution in [0.4, 0.5) is 11.8 Å². The Balaban J connectivity index is 1.78. The first-order valence-electron chi connectivity index (χ1n) is 7.90. The van der Waals surface area contributed by atoms with Crippen molar-refractivity contribution in [2.45, 2.75) is 13.0 Å². The number of hydrogen-bond acceptors (Lipinski definition) is 7. The summed E-state index contributed by atoms with van der Waals surface area (Å²) in [6.45, 7) is 1.78. The van der Waals surface area contributed by atoms with Crippen molar-refractivity contribution in [2.75, 3.05) is 10.6 Å². The average Bonchev–Trinajstić information content (AvgIpc) is 3.09. The van der Waals surface area contributed by atoms with E-state index in [4.69, 9.17) is 0 Å². The van der Waals surface area contributed by atoms with Gasteiger partial charge < -0.3 is 15.7 Å². The van der Waals surface area contributed by atoms with Gasteiger partial charge in [0.05, 0.1) is 5.57 Å². The summed E-state index contributed by atoms with van der Waals surface area (Å²) in [5, 5.41) is 27.3. The molecule has 26 heavy (non-hydrogen) atoms. The molecule has 130 valence electrons. The summed E-state index contributed by atoms with van der Waals surface area (Å²) < 4.78 is 1.51. The van der Waals surface area contributed by atoms with Gasteiger partial charge >= 0.3 is 0 Å². The van der Waals surface area contributed by atoms with Gasteiger partial charge in [-0.25, -0.2) is 4.98 Å². The monoisotopic (exact) mass is 349 g/mol. The molecule has 0 fully saturated rings. The summed E-state index contributed by atoms with van der Waals surface area (Å²) in [6.07, 6.45) is 1.60. The first kappa shape index (κ1) is 15.8. The number of carbonyl (C=O) groups is 1. The van der Waals surface area contributed by atoms with Gasteiger partial charge in [-0.15, -0.1) is 0 Å². The number of fused-ring (bicyclic) bond motifs is 1. The van der Waals surface area contributed by atoms with Crippen LogP contribution in [0.5, 0.6) is 5.75 Å². The maximum absolute atomic E-state index is 13.0. The van der Waals surface area contributed by atoms with Crippen LogP contribution in [0.25, 0.3) is 0 Å². The highest BCUT2D eigenvalue weighted by Gasteiger charge is 2.34. The van der Waals surface area contributed by atoms with E-state index in [1.807, 2.05) is 6.07 Å². The molecule has 3 heterocycles. The van der Waals surface area contributed by atoms with Gasteiger partial charge in [0.25, 0.3) is 5.91 Å². The van der Waals surface area contributed by atoms with Gasteiger partial charge in [-0.2, -0.15) is 4.68 Å². The second-order valence-corrected chi connectivity index (χ2v) is 5.78. The van der Waals surface area contributed by atoms with Crippen LogP contribution in [-0.4, -0.2) is 36.2 Å². The summed E-state index contributed by atoms with van der Waals surface area (Å²) in [6, 6.07) is 11.3. The SMILES string of the molecule is CC1=C(C(=O)Nc2ccccn2)C(c2cccc(O)c2)n2nnnc2N1. The second kappa shape index (κ2) is 6.28. The molecule has 9 nitrogen and oxygen atoms in total. The Bertz CT molecular complexity index is 997. The number of anilines is 2. The molecular weight excluding hydrogens is 334 g/mol. The zero-order valence-electron chi connectivity index (χ0n) is 13.8. The van der Waals surface area contributed by atoms with Crippen LogP contribution in [0.15, 0.2) is 59.9 Å². The van der Waals surface area contributed by atoms with E-state index in [1.54, 1.807) is 49.5 Å². The zero-order chi connectivity index (χ0) is 18.1. The summed E-state index contributed by atoms with van der Waals surface area (Å²) in [5.74, 6) is 0.626. The quantitative estimate of drug-likeness (QED) is 0.658. The highest BCUT2D eigenvalue weighted by atomic mass is 16.3. The molecule has 0 saturated heterocycles. The van der Waals surface area contributed by atoms with Crippen LogP contribution in [0.3, 0.4) is 0 Å². The lowest BCUT2D eigenvalue weighted by Gasteiger charge is -2.27. The number of aromatic nitrogens is 5. The molecule has 1 aromatic carbocycles. The van der Waals surface area contributed by atoms with Gasteiger partial charge in [-0.1, -0.05) is 23.3 Å². The van der Waals surface area contributed by atoms with Gasteiger partial charge in [-0.3, -0.25) is 4.79 Å². The first-order valence-corrected chi connectivity index (χ1v) is 7.90. The number of allylic oxidation sites excluding steroid dienone is 1. The Morgan fingerprint density at radius 3 is 2.92 bits per heavy atom. The summed E-state index contributed by atoms with van der Waals surface area (Å²) in [4.78, 5) is 17.1. The number of phenolic OH excluding ortho intramolecular Hbond substituents is 1. The summed E-state index contributed by atoms with van der Waals surface area (Å²) in [7, 11) is 0. The van der Waals surface area contributed by atoms with Crippen LogP contribution >= 0.6 is 0 Å². The van der Waals surface area contributed by atoms with Crippen molar-refractivity contribution in [1.82, 2.24) is 25.2 Å². The van der Waals surface area contributed by atoms with Crippen molar-refractivity contribution in [3.8, 4) is 5.75 Å². The molecular formula is C17H15N7O2. The molecule has 0 saturated carbocycles. The van der Waals surface area contributed by atoms with Crippen molar-refractivity contribution in [1.29, 1.82) is 0 Å². The van der Waals surface area contributed by atoms with Crippen LogP contribution < -0.4 is 10.6 Å². The third-order valence-electron chi connectivity index (χ3n) is 4.05. The van der Waals surface area contributed by atoms with E-state index >= 15 is 0 Å². The van der Waals surface area contributed by atoms with E-state index < -0.39 is 6.04 Å². The minimum Gasteiger partial charge on any atom is -0.508 e. The topological polar surface area (TPSA) is 118 Å². The number of hydrogen-bond donors (Lipinski definition) is 3. The summed E-state index contributed by atoms with van der Waals surface area (Å²) >= 11 is 0. The van der Waals surface area contributed by atoms with Crippen molar-refractivity contribution in [3.63, 3.8) is 0 Å². The predicted molar refractivity (Wildman–Crippen MR) is 93.3 cm³/mol. The molecule has 1 unspecified atom stereocenters. The van der Waals surface area contributed by atoms with Crippen molar-refractivity contribution < 1.29 is 9.90 Å². The third-order valence-corrected chi connectivity index (χ3v) is 4.05. The Kier molecular flexibility index (Phi) is 3.81. The fraction of sp³-hybridized carbons (Fsp3) is 0.118. The Labute approximate surface area is 148 Å². The number of phenols is 1. The molecule has 0 aliphatic carbocycles. The molecule has 0 spiro atoms. The molecule has 1 amide bonds. The number of benzene rings is 1. The normalized spacial score (nSPS) is 16.0. The molecule has 0 radical (unpaired) electrons. The fourth-order valence-electron chi connectivity index (χ4n) is 2.93. The van der Waals surface area contributed by atoms with Crippen LogP contribution in [0.1, 0.15) is 18.5 Å². The van der Waals surface area contributed by atoms with E-state index in [-0.39, 0.29) is 11.7 Å². The van der Waals surface area contributed by atoms with Crippen molar-refractivity contribution in [3.05, 3.63) is 65.5 Å². The van der Waals surface area contributed by atoms with Crippen molar-refractivity contribution in [2.24, 2.45) is 0 Å². The van der Waals surface area contributed by atoms with Crippen LogP contribution in [0.2, 0.25) is 0 Å². The fourth-order valence-corrected chi connectivity index (χ4v) is 2.93. The van der Waals surface area contributed by atoms with Gasteiger partial charge in [0.2, 0.25) is 5.95 Å². The molecule has 3 N–H and O–H groups in total. The molecule has 1 aliphatic heterocycles. The molecule has 2 aromatic heterocycles. The lowest BCUT2D eigenvalue weighted by molar-refractivity contribution is -0.113. The Hall–Kier alpha value is -3.75. The van der Waals surface area contributed by atoms with Crippen LogP contribution in [0, 0.1) is 0 Å². The first-order chi connectivity index (χ1) is 12.6. The lowest BCUT2D eigenvalue weighted by atomic mass is 9.95. The van der Waals surface area contributed by atoms with E-state index in [9.17, 15) is 9.90 Å². The molecule has 1 atom stereocenters. The molecule has 1 aliphatic rings. The average molecular weight is 349 g/mol. The largest absolute Gasteiger partial charge is 0.508 e. The number of aromatic hydroxyl groups is 1. The third kappa shape index (κ3) is 2.75. The van der Waals surface area contributed by atoms with Crippen LogP contribution in [-0.2, 0) is 4.79 Å². The molecule has 9 heteroatoms. The number of nitrogens with zero attached hydrogens (tertiary/aromatic N) is 5. The maximum atomic E-state index is 13.0.